The van der Waals surface area contributed by atoms with Crippen molar-refractivity contribution in [2.24, 2.45) is 11.8 Å². The molecule has 7 atom stereocenters. The lowest BCUT2D eigenvalue weighted by atomic mass is 9.74. The second-order valence-electron chi connectivity index (χ2n) is 13.1. The van der Waals surface area contributed by atoms with Gasteiger partial charge in [0.2, 0.25) is 11.8 Å². The molecule has 11 nitrogen and oxygen atoms in total. The van der Waals surface area contributed by atoms with Crippen molar-refractivity contribution in [2.75, 3.05) is 42.6 Å². The lowest BCUT2D eigenvalue weighted by molar-refractivity contribution is -0.160. The molecule has 4 aliphatic heterocycles. The fraction of sp³-hybridized carbons (Fsp3) is 0.474. The average molecular weight is 750 g/mol. The van der Waals surface area contributed by atoms with Crippen LogP contribution in [0.1, 0.15) is 51.7 Å². The fourth-order valence-electron chi connectivity index (χ4n) is 7.84. The number of ether oxygens (including phenoxy) is 2. The smallest absolute Gasteiger partial charge is 0.313 e. The molecular weight excluding hydrogens is 704 g/mol. The predicted molar refractivity (Wildman–Crippen MR) is 192 cm³/mol. The lowest BCUT2D eigenvalue weighted by Gasteiger charge is -2.38. The number of allylic oxidation sites excluding steroid dienone is 1. The van der Waals surface area contributed by atoms with Gasteiger partial charge in [-0.3, -0.25) is 19.2 Å². The van der Waals surface area contributed by atoms with Gasteiger partial charge >= 0.3 is 5.97 Å². The SMILES string of the molecule is CC[C@@H](CO)N1C(=O)[C@H]2[C@@H]3C(=O)O[C@H](c4ccccc4)CNC(=O)CC/C=C\CN(c4ccc(N(CC)CC)cc4)C(=O)[C@H]1[C@@]21C=C(Br)[C@@H]3O1. The van der Waals surface area contributed by atoms with Crippen LogP contribution in [0.25, 0.3) is 0 Å². The number of hydrogen-bond acceptors (Lipinski definition) is 8. The molecule has 2 saturated heterocycles. The van der Waals surface area contributed by atoms with Crippen LogP contribution in [0.2, 0.25) is 0 Å². The van der Waals surface area contributed by atoms with E-state index in [1.165, 1.54) is 4.90 Å². The van der Waals surface area contributed by atoms with Crippen LogP contribution in [-0.4, -0.2) is 90.3 Å². The summed E-state index contributed by atoms with van der Waals surface area (Å²) >= 11 is 3.60. The van der Waals surface area contributed by atoms with Crippen LogP contribution in [0.4, 0.5) is 11.4 Å². The maximum atomic E-state index is 15.1. The zero-order valence-corrected chi connectivity index (χ0v) is 30.3. The van der Waals surface area contributed by atoms with Crippen molar-refractivity contribution in [3.05, 3.63) is 82.9 Å². The Hall–Kier alpha value is -4.00. The standard InChI is InChI=1S/C38H45BrN4O7/c1-4-25(23-44)43-34-36(47)42(27-18-16-26(17-19-27)41(5-2)6-3)20-12-8-11-15-30(45)40-22-29(24-13-9-7-10-14-24)49-37(48)31-32(35(43)46)38(34)21-28(39)33(31)50-38/h7-10,12-14,16-19,21,25,29,31-34,44H,4-6,11,15,20,22-23H2,1-3H3,(H,40,45)/b12-8-/t25-,29-,31-,32+,33-,34-,38+/m0/s1. The number of halogens is 1. The van der Waals surface area contributed by atoms with Crippen molar-refractivity contribution in [3.8, 4) is 0 Å². The van der Waals surface area contributed by atoms with E-state index in [1.807, 2.05) is 73.7 Å². The van der Waals surface area contributed by atoms with Gasteiger partial charge in [0.1, 0.15) is 29.8 Å². The molecule has 6 rings (SSSR count). The molecule has 0 unspecified atom stereocenters. The number of aliphatic hydroxyl groups excluding tert-OH is 1. The maximum Gasteiger partial charge on any atom is 0.313 e. The number of nitrogens with zero attached hydrogens (tertiary/aromatic N) is 3. The van der Waals surface area contributed by atoms with E-state index < -0.39 is 59.5 Å². The van der Waals surface area contributed by atoms with Gasteiger partial charge in [0.25, 0.3) is 5.91 Å². The molecule has 0 aromatic heterocycles. The van der Waals surface area contributed by atoms with Crippen molar-refractivity contribution < 1.29 is 33.8 Å². The molecule has 2 N–H and O–H groups in total. The van der Waals surface area contributed by atoms with Crippen molar-refractivity contribution in [1.82, 2.24) is 10.2 Å². The Kier molecular flexibility index (Phi) is 10.8. The van der Waals surface area contributed by atoms with Gasteiger partial charge in [-0.15, -0.1) is 0 Å². The number of carbonyl (C=O) groups excluding carboxylic acids is 4. The minimum absolute atomic E-state index is 0.0459. The second-order valence-corrected chi connectivity index (χ2v) is 14.0. The first-order valence-corrected chi connectivity index (χ1v) is 18.3. The van der Waals surface area contributed by atoms with Gasteiger partial charge in [0.05, 0.1) is 25.1 Å². The number of nitrogens with one attached hydrogen (secondary N) is 1. The molecule has 1 spiro atoms. The Morgan fingerprint density at radius 2 is 1.72 bits per heavy atom. The maximum absolute atomic E-state index is 15.1. The molecule has 5 bridgehead atoms. The van der Waals surface area contributed by atoms with Crippen molar-refractivity contribution >= 4 is 51.0 Å². The molecule has 0 saturated carbocycles. The van der Waals surface area contributed by atoms with Gasteiger partial charge in [-0.25, -0.2) is 0 Å². The normalized spacial score (nSPS) is 29.7. The summed E-state index contributed by atoms with van der Waals surface area (Å²) in [6.07, 6.45) is 4.81. The average Bonchev–Trinajstić information content (AvgIpc) is 3.72. The summed E-state index contributed by atoms with van der Waals surface area (Å²) < 4.78 is 13.3. The van der Waals surface area contributed by atoms with Gasteiger partial charge in [-0.05, 0) is 62.6 Å². The summed E-state index contributed by atoms with van der Waals surface area (Å²) in [5, 5.41) is 13.4. The Labute approximate surface area is 301 Å². The number of hydrogen-bond donors (Lipinski definition) is 2. The van der Waals surface area contributed by atoms with Crippen LogP contribution in [0, 0.1) is 11.8 Å². The van der Waals surface area contributed by atoms with Crippen LogP contribution in [0.5, 0.6) is 0 Å². The number of cyclic esters (lactones) is 1. The number of anilines is 2. The Morgan fingerprint density at radius 1 is 1.00 bits per heavy atom. The molecule has 0 aliphatic carbocycles. The number of amides is 3. The highest BCUT2D eigenvalue weighted by atomic mass is 79.9. The minimum atomic E-state index is -1.49. The largest absolute Gasteiger partial charge is 0.455 e. The van der Waals surface area contributed by atoms with E-state index >= 15 is 4.79 Å². The van der Waals surface area contributed by atoms with Crippen LogP contribution in [0.3, 0.4) is 0 Å². The van der Waals surface area contributed by atoms with Gasteiger partial charge < -0.3 is 34.6 Å². The third kappa shape index (κ3) is 6.37. The van der Waals surface area contributed by atoms with Crippen molar-refractivity contribution in [2.45, 2.75) is 69.9 Å². The first-order valence-electron chi connectivity index (χ1n) is 17.5. The van der Waals surface area contributed by atoms with E-state index in [1.54, 1.807) is 11.0 Å². The first-order chi connectivity index (χ1) is 24.2. The molecule has 3 amide bonds. The fourth-order valence-corrected chi connectivity index (χ4v) is 8.57. The third-order valence-electron chi connectivity index (χ3n) is 10.4. The minimum Gasteiger partial charge on any atom is -0.455 e. The molecule has 2 aromatic carbocycles. The number of fused-ring (bicyclic) bond motifs is 2. The summed E-state index contributed by atoms with van der Waals surface area (Å²) in [5.41, 5.74) is 0.833. The molecule has 0 radical (unpaired) electrons. The molecule has 4 heterocycles. The predicted octanol–water partition coefficient (Wildman–Crippen LogP) is 4.26. The van der Waals surface area contributed by atoms with Gasteiger partial charge in [-0.1, -0.05) is 65.3 Å². The van der Waals surface area contributed by atoms with Crippen LogP contribution >= 0.6 is 15.9 Å². The van der Waals surface area contributed by atoms with Crippen LogP contribution in [0.15, 0.2) is 77.3 Å². The van der Waals surface area contributed by atoms with Gasteiger partial charge in [-0.2, -0.15) is 0 Å². The summed E-state index contributed by atoms with van der Waals surface area (Å²) in [6.45, 7) is 7.51. The number of benzene rings is 2. The van der Waals surface area contributed by atoms with Gasteiger partial charge in [0.15, 0.2) is 0 Å². The Bertz CT molecular complexity index is 1640. The summed E-state index contributed by atoms with van der Waals surface area (Å²) in [5.74, 6) is -3.85. The lowest BCUT2D eigenvalue weighted by Crippen LogP contribution is -2.58. The highest BCUT2D eigenvalue weighted by molar-refractivity contribution is 9.11. The molecular formula is C38H45BrN4O7. The van der Waals surface area contributed by atoms with Crippen molar-refractivity contribution in [3.63, 3.8) is 0 Å². The molecule has 4 aliphatic rings. The Morgan fingerprint density at radius 3 is 2.38 bits per heavy atom. The van der Waals surface area contributed by atoms with Crippen molar-refractivity contribution in [1.29, 1.82) is 0 Å². The highest BCUT2D eigenvalue weighted by Gasteiger charge is 2.75. The number of aliphatic hydroxyl groups is 1. The van der Waals surface area contributed by atoms with E-state index in [9.17, 15) is 19.5 Å². The first kappa shape index (κ1) is 35.8. The number of esters is 1. The zero-order chi connectivity index (χ0) is 35.6. The summed E-state index contributed by atoms with van der Waals surface area (Å²) in [7, 11) is 0. The molecule has 50 heavy (non-hydrogen) atoms. The molecule has 12 heteroatoms. The molecule has 266 valence electrons. The quantitative estimate of drug-likeness (QED) is 0.303. The summed E-state index contributed by atoms with van der Waals surface area (Å²) in [4.78, 5) is 62.2. The van der Waals surface area contributed by atoms with Crippen LogP contribution < -0.4 is 15.1 Å². The zero-order valence-electron chi connectivity index (χ0n) is 28.7. The van der Waals surface area contributed by atoms with E-state index in [0.717, 1.165) is 18.8 Å². The number of rotatable bonds is 8. The van der Waals surface area contributed by atoms with E-state index in [0.29, 0.717) is 28.6 Å². The van der Waals surface area contributed by atoms with E-state index in [-0.39, 0.29) is 32.0 Å². The number of likely N-dealkylation sites (tertiary alicyclic amines) is 1. The number of carbonyl (C=O) groups is 4. The topological polar surface area (TPSA) is 129 Å². The molecule has 2 aromatic rings. The van der Waals surface area contributed by atoms with Crippen LogP contribution in [-0.2, 0) is 28.7 Å². The van der Waals surface area contributed by atoms with Gasteiger partial charge in [0, 0.05) is 41.9 Å². The third-order valence-corrected chi connectivity index (χ3v) is 11.1. The highest BCUT2D eigenvalue weighted by Crippen LogP contribution is 2.59. The second kappa shape index (κ2) is 15.1. The molecule has 2 fully saturated rings. The van der Waals surface area contributed by atoms with E-state index in [2.05, 4.69) is 40.0 Å². The summed E-state index contributed by atoms with van der Waals surface area (Å²) in [6, 6.07) is 15.0. The van der Waals surface area contributed by atoms with E-state index in [4.69, 9.17) is 9.47 Å². The Balaban J connectivity index is 1.46. The monoisotopic (exact) mass is 748 g/mol.